The van der Waals surface area contributed by atoms with Crippen LogP contribution in [0.15, 0.2) is 32.0 Å². The van der Waals surface area contributed by atoms with Crippen LogP contribution in [0.1, 0.15) is 25.7 Å². The van der Waals surface area contributed by atoms with Gasteiger partial charge in [0.2, 0.25) is 10.0 Å². The molecule has 1 N–H and O–H groups in total. The van der Waals surface area contributed by atoms with Crippen LogP contribution in [0.25, 0.3) is 0 Å². The highest BCUT2D eigenvalue weighted by Gasteiger charge is 2.35. The summed E-state index contributed by atoms with van der Waals surface area (Å²) in [6, 6.07) is 5.20. The van der Waals surface area contributed by atoms with E-state index < -0.39 is 10.0 Å². The highest BCUT2D eigenvalue weighted by atomic mass is 79.9. The molecule has 0 radical (unpaired) electrons. The molecular weight excluding hydrogens is 410 g/mol. The lowest BCUT2D eigenvalue weighted by Gasteiger charge is -2.36. The highest BCUT2D eigenvalue weighted by Crippen LogP contribution is 2.33. The Kier molecular flexibility index (Phi) is 5.64. The van der Waals surface area contributed by atoms with Crippen molar-refractivity contribution in [3.8, 4) is 0 Å². The lowest BCUT2D eigenvalue weighted by molar-refractivity contribution is 0.198. The van der Waals surface area contributed by atoms with E-state index in [9.17, 15) is 8.42 Å². The quantitative estimate of drug-likeness (QED) is 0.760. The minimum absolute atomic E-state index is 0.00159. The number of hydrogen-bond donors (Lipinski definition) is 1. The van der Waals surface area contributed by atoms with Crippen molar-refractivity contribution in [3.63, 3.8) is 0 Å². The summed E-state index contributed by atoms with van der Waals surface area (Å²) in [5.74, 6) is 0. The molecule has 1 saturated carbocycles. The van der Waals surface area contributed by atoms with Crippen LogP contribution in [0.2, 0.25) is 0 Å². The smallest absolute Gasteiger partial charge is 0.244 e. The van der Waals surface area contributed by atoms with Crippen molar-refractivity contribution in [1.29, 1.82) is 0 Å². The average molecular weight is 427 g/mol. The number of nitrogens with zero attached hydrogens (tertiary/aromatic N) is 1. The topological polar surface area (TPSA) is 57.6 Å². The Morgan fingerprint density at radius 1 is 1.30 bits per heavy atom. The number of rotatable bonds is 6. The summed E-state index contributed by atoms with van der Waals surface area (Å²) in [5, 5.41) is 8.98. The van der Waals surface area contributed by atoms with Crippen LogP contribution < -0.4 is 0 Å². The maximum atomic E-state index is 12.8. The Bertz CT molecular complexity index is 573. The maximum absolute atomic E-state index is 12.8. The third-order valence-corrected chi connectivity index (χ3v) is 6.94. The Balaban J connectivity index is 2.36. The van der Waals surface area contributed by atoms with Crippen molar-refractivity contribution in [3.05, 3.63) is 27.1 Å². The fourth-order valence-electron chi connectivity index (χ4n) is 2.20. The van der Waals surface area contributed by atoms with Gasteiger partial charge in [0.05, 0.1) is 4.90 Å². The van der Waals surface area contributed by atoms with Crippen molar-refractivity contribution in [1.82, 2.24) is 4.31 Å². The van der Waals surface area contributed by atoms with Gasteiger partial charge in [-0.2, -0.15) is 4.31 Å². The molecule has 1 aromatic rings. The van der Waals surface area contributed by atoms with Gasteiger partial charge in [0, 0.05) is 28.1 Å². The Hall–Kier alpha value is 0.0500. The van der Waals surface area contributed by atoms with Crippen LogP contribution in [0, 0.1) is 0 Å². The maximum Gasteiger partial charge on any atom is 0.244 e. The summed E-state index contributed by atoms with van der Waals surface area (Å²) in [4.78, 5) is 0.275. The monoisotopic (exact) mass is 425 g/mol. The first-order valence-corrected chi connectivity index (χ1v) is 9.57. The standard InChI is InChI=1S/C13H17Br2NO3S/c14-10-5-6-12(15)13(9-10)20(18,19)16(7-2-8-17)11-3-1-4-11/h5-6,9,11,17H,1-4,7-8H2. The molecule has 4 nitrogen and oxygen atoms in total. The van der Waals surface area contributed by atoms with Crippen LogP contribution in [0.3, 0.4) is 0 Å². The fourth-order valence-corrected chi connectivity index (χ4v) is 5.39. The van der Waals surface area contributed by atoms with Crippen LogP contribution in [0.4, 0.5) is 0 Å². The van der Waals surface area contributed by atoms with E-state index in [-0.39, 0.29) is 17.5 Å². The van der Waals surface area contributed by atoms with E-state index in [1.54, 1.807) is 22.5 Å². The molecule has 0 bridgehead atoms. The second kappa shape index (κ2) is 6.87. The second-order valence-corrected chi connectivity index (χ2v) is 8.48. The number of benzene rings is 1. The molecule has 0 aliphatic heterocycles. The number of sulfonamides is 1. The number of aliphatic hydroxyl groups is 1. The Morgan fingerprint density at radius 3 is 2.55 bits per heavy atom. The third kappa shape index (κ3) is 3.44. The van der Waals surface area contributed by atoms with Gasteiger partial charge >= 0.3 is 0 Å². The largest absolute Gasteiger partial charge is 0.396 e. The molecule has 20 heavy (non-hydrogen) atoms. The number of hydrogen-bond acceptors (Lipinski definition) is 3. The molecule has 1 aliphatic rings. The van der Waals surface area contributed by atoms with Crippen molar-refractivity contribution >= 4 is 41.9 Å². The lowest BCUT2D eigenvalue weighted by Crippen LogP contribution is -2.44. The van der Waals surface area contributed by atoms with E-state index in [1.807, 2.05) is 0 Å². The van der Waals surface area contributed by atoms with Crippen LogP contribution in [0.5, 0.6) is 0 Å². The molecule has 0 atom stereocenters. The SMILES string of the molecule is O=S(=O)(c1cc(Br)ccc1Br)N(CCCO)C1CCC1. The lowest BCUT2D eigenvalue weighted by atomic mass is 9.93. The second-order valence-electron chi connectivity index (χ2n) is 4.85. The minimum atomic E-state index is -3.54. The minimum Gasteiger partial charge on any atom is -0.396 e. The molecule has 0 heterocycles. The molecule has 2 rings (SSSR count). The number of aliphatic hydroxyl groups excluding tert-OH is 1. The summed E-state index contributed by atoms with van der Waals surface area (Å²) in [6.07, 6.45) is 3.32. The van der Waals surface area contributed by atoms with Crippen molar-refractivity contribution in [2.75, 3.05) is 13.2 Å². The first-order valence-electron chi connectivity index (χ1n) is 6.54. The zero-order valence-electron chi connectivity index (χ0n) is 10.9. The highest BCUT2D eigenvalue weighted by molar-refractivity contribution is 9.11. The van der Waals surface area contributed by atoms with Crippen molar-refractivity contribution in [2.24, 2.45) is 0 Å². The zero-order valence-corrected chi connectivity index (χ0v) is 14.9. The molecule has 0 saturated heterocycles. The van der Waals surface area contributed by atoms with Gasteiger partial charge in [0.15, 0.2) is 0 Å². The van der Waals surface area contributed by atoms with Gasteiger partial charge in [-0.05, 0) is 53.4 Å². The summed E-state index contributed by atoms with van der Waals surface area (Å²) >= 11 is 6.63. The zero-order chi connectivity index (χ0) is 14.8. The van der Waals surface area contributed by atoms with Crippen molar-refractivity contribution in [2.45, 2.75) is 36.6 Å². The van der Waals surface area contributed by atoms with E-state index in [2.05, 4.69) is 31.9 Å². The Morgan fingerprint density at radius 2 is 2.00 bits per heavy atom. The molecule has 1 aliphatic carbocycles. The number of halogens is 2. The van der Waals surface area contributed by atoms with E-state index in [4.69, 9.17) is 5.11 Å². The Labute approximate surface area is 136 Å². The first kappa shape index (κ1) is 16.4. The van der Waals surface area contributed by atoms with Crippen LogP contribution in [-0.2, 0) is 10.0 Å². The van der Waals surface area contributed by atoms with Gasteiger partial charge in [-0.1, -0.05) is 22.4 Å². The van der Waals surface area contributed by atoms with Gasteiger partial charge in [-0.3, -0.25) is 0 Å². The van der Waals surface area contributed by atoms with Crippen LogP contribution in [-0.4, -0.2) is 37.0 Å². The van der Waals surface area contributed by atoms with Gasteiger partial charge in [0.1, 0.15) is 0 Å². The first-order chi connectivity index (χ1) is 9.46. The van der Waals surface area contributed by atoms with Gasteiger partial charge < -0.3 is 5.11 Å². The summed E-state index contributed by atoms with van der Waals surface area (Å²) in [6.45, 7) is 0.362. The van der Waals surface area contributed by atoms with E-state index in [0.29, 0.717) is 17.4 Å². The molecule has 7 heteroatoms. The fraction of sp³-hybridized carbons (Fsp3) is 0.538. The predicted molar refractivity (Wildman–Crippen MR) is 85.1 cm³/mol. The van der Waals surface area contributed by atoms with E-state index >= 15 is 0 Å². The van der Waals surface area contributed by atoms with E-state index in [1.165, 1.54) is 0 Å². The van der Waals surface area contributed by atoms with Gasteiger partial charge in [-0.15, -0.1) is 0 Å². The molecule has 0 amide bonds. The predicted octanol–water partition coefficient (Wildman–Crippen LogP) is 3.14. The molecule has 0 spiro atoms. The van der Waals surface area contributed by atoms with Gasteiger partial charge in [0.25, 0.3) is 0 Å². The van der Waals surface area contributed by atoms with Crippen molar-refractivity contribution < 1.29 is 13.5 Å². The average Bonchev–Trinajstić information content (AvgIpc) is 2.34. The van der Waals surface area contributed by atoms with E-state index in [0.717, 1.165) is 23.7 Å². The summed E-state index contributed by atoms with van der Waals surface area (Å²) in [5.41, 5.74) is 0. The molecule has 112 valence electrons. The summed E-state index contributed by atoms with van der Waals surface area (Å²) in [7, 11) is -3.54. The summed E-state index contributed by atoms with van der Waals surface area (Å²) < 4.78 is 28.5. The molecular formula is C13H17Br2NO3S. The molecule has 1 fully saturated rings. The third-order valence-electron chi connectivity index (χ3n) is 3.50. The van der Waals surface area contributed by atoms with Gasteiger partial charge in [-0.25, -0.2) is 8.42 Å². The molecule has 1 aromatic carbocycles. The molecule has 0 unspecified atom stereocenters. The molecule has 0 aromatic heterocycles. The van der Waals surface area contributed by atoms with Crippen LogP contribution >= 0.6 is 31.9 Å². The normalized spacial score (nSPS) is 16.4.